The minimum absolute atomic E-state index is 0. The largest absolute Gasteiger partial charge is 0.488 e. The first kappa shape index (κ1) is 96.9. The molecule has 0 amide bonds. The van der Waals surface area contributed by atoms with Crippen LogP contribution in [-0.4, -0.2) is 290 Å². The van der Waals surface area contributed by atoms with Gasteiger partial charge in [-0.15, -0.1) is 0 Å². The zero-order chi connectivity index (χ0) is 89.8. The average Bonchev–Trinajstić information content (AvgIpc) is 1.50. The number of anilines is 1. The zero-order valence-corrected chi connectivity index (χ0v) is 78.1. The number of benzene rings is 2. The molecule has 0 bridgehead atoms. The molecule has 8 saturated heterocycles. The molecular formula is C99H149BN6O22. The lowest BCUT2D eigenvalue weighted by atomic mass is 9.66. The molecule has 14 aliphatic rings. The number of ether oxygens (including phenoxy) is 16. The Balaban J connectivity index is 0.000000174. The fourth-order valence-corrected chi connectivity index (χ4v) is 25.9. The van der Waals surface area contributed by atoms with E-state index in [0.717, 1.165) is 123 Å². The summed E-state index contributed by atoms with van der Waals surface area (Å²) in [6, 6.07) is 17.6. The maximum atomic E-state index is 15.2. The second-order valence-electron chi connectivity index (χ2n) is 39.8. The molecule has 128 heavy (non-hydrogen) atoms. The van der Waals surface area contributed by atoms with Crippen molar-refractivity contribution in [2.45, 2.75) is 337 Å². The van der Waals surface area contributed by atoms with Crippen molar-refractivity contribution in [1.82, 2.24) is 25.1 Å². The van der Waals surface area contributed by atoms with Gasteiger partial charge in [0.1, 0.15) is 48.8 Å². The maximum Gasteiger partial charge on any atom is 0.488 e. The third-order valence-corrected chi connectivity index (χ3v) is 32.3. The molecule has 29 heteroatoms. The molecule has 0 spiro atoms. The van der Waals surface area contributed by atoms with Crippen molar-refractivity contribution in [3.05, 3.63) is 84.2 Å². The average molecular weight is 1790 g/mol. The van der Waals surface area contributed by atoms with Gasteiger partial charge in [-0.25, -0.2) is 0 Å². The molecule has 4 aromatic rings. The van der Waals surface area contributed by atoms with Crippen LogP contribution in [0.3, 0.4) is 0 Å². The molecule has 0 radical (unpaired) electrons. The first-order valence-electron chi connectivity index (χ1n) is 47.9. The molecule has 710 valence electrons. The molecule has 2 aromatic heterocycles. The summed E-state index contributed by atoms with van der Waals surface area (Å²) in [7, 11) is 17.0. The number of rotatable bonds is 20. The van der Waals surface area contributed by atoms with Gasteiger partial charge < -0.3 is 116 Å². The first-order chi connectivity index (χ1) is 61.2. The van der Waals surface area contributed by atoms with E-state index in [1.54, 1.807) is 54.8 Å². The molecule has 8 aliphatic heterocycles. The van der Waals surface area contributed by atoms with E-state index in [-0.39, 0.29) is 207 Å². The highest BCUT2D eigenvalue weighted by molar-refractivity contribution is 6.58. The number of methoxy groups -OCH3 is 6. The van der Waals surface area contributed by atoms with Crippen molar-refractivity contribution < 1.29 is 105 Å². The van der Waals surface area contributed by atoms with Crippen molar-refractivity contribution in [2.75, 3.05) is 75.7 Å². The number of allylic oxidation sites excluding steroid dienone is 4. The van der Waals surface area contributed by atoms with E-state index in [0.29, 0.717) is 54.2 Å². The summed E-state index contributed by atoms with van der Waals surface area (Å²) in [5, 5.41) is 23.8. The van der Waals surface area contributed by atoms with E-state index < -0.39 is 37.8 Å². The maximum absolute atomic E-state index is 15.2. The van der Waals surface area contributed by atoms with Crippen LogP contribution in [0.15, 0.2) is 84.2 Å². The number of carbonyl (C=O) groups is 4. The highest BCUT2D eigenvalue weighted by atomic mass is 16.7. The van der Waals surface area contributed by atoms with Crippen LogP contribution in [0.5, 0.6) is 0 Å². The van der Waals surface area contributed by atoms with Gasteiger partial charge in [-0.05, 0) is 264 Å². The van der Waals surface area contributed by atoms with Crippen molar-refractivity contribution in [2.24, 2.45) is 71.0 Å². The zero-order valence-electron chi connectivity index (χ0n) is 78.1. The smallest absolute Gasteiger partial charge is 0.462 e. The van der Waals surface area contributed by atoms with Gasteiger partial charge >= 0.3 is 19.1 Å². The predicted octanol–water partition coefficient (Wildman–Crippen LogP) is 11.4. The second kappa shape index (κ2) is 41.7. The van der Waals surface area contributed by atoms with Crippen molar-refractivity contribution in [3.63, 3.8) is 0 Å². The number of H-pyrrole nitrogens is 2. The number of likely N-dealkylation sites (N-methyl/N-ethyl adjacent to an activating group) is 2. The minimum Gasteiger partial charge on any atom is -0.462 e. The van der Waals surface area contributed by atoms with Crippen molar-refractivity contribution in [3.8, 4) is 0 Å². The molecular weight excluding hydrogens is 1640 g/mol. The number of cyclic esters (lactones) is 2. The minimum atomic E-state index is -1.39. The number of Topliss-reactive ketones (excluding diaryl/α,β-unsaturated/α-hetero) is 2. The lowest BCUT2D eigenvalue weighted by Crippen LogP contribution is -2.59. The van der Waals surface area contributed by atoms with Gasteiger partial charge in [0.15, 0.2) is 36.7 Å². The second-order valence-corrected chi connectivity index (χ2v) is 39.8. The van der Waals surface area contributed by atoms with E-state index in [1.807, 2.05) is 52.2 Å². The highest BCUT2D eigenvalue weighted by Gasteiger charge is 2.70. The summed E-state index contributed by atoms with van der Waals surface area (Å²) in [6.45, 7) is 16.5. The van der Waals surface area contributed by atoms with Gasteiger partial charge in [0.05, 0.1) is 73.8 Å². The monoisotopic (exact) mass is 1790 g/mol. The topological polar surface area (TPSA) is 319 Å². The normalized spacial score (nSPS) is 42.3. The molecule has 6 aliphatic carbocycles. The summed E-state index contributed by atoms with van der Waals surface area (Å²) < 4.78 is 101. The van der Waals surface area contributed by atoms with E-state index in [4.69, 9.17) is 85.8 Å². The van der Waals surface area contributed by atoms with Gasteiger partial charge in [-0.2, -0.15) is 0 Å². The van der Waals surface area contributed by atoms with Crippen LogP contribution in [0.4, 0.5) is 5.69 Å². The molecule has 10 heterocycles. The number of nitrogens with one attached hydrogen (secondary N) is 3. The predicted molar refractivity (Wildman–Crippen MR) is 484 cm³/mol. The molecule has 12 fully saturated rings. The Morgan fingerprint density at radius 3 is 1.38 bits per heavy atom. The molecule has 38 atom stereocenters. The van der Waals surface area contributed by atoms with Crippen LogP contribution >= 0.6 is 0 Å². The first-order valence-corrected chi connectivity index (χ1v) is 47.9. The summed E-state index contributed by atoms with van der Waals surface area (Å²) in [5.41, 5.74) is 5.26. The number of aromatic nitrogens is 2. The van der Waals surface area contributed by atoms with E-state index in [2.05, 4.69) is 122 Å². The lowest BCUT2D eigenvalue weighted by Gasteiger charge is -2.44. The third kappa shape index (κ3) is 19.8. The molecule has 28 nitrogen and oxygen atoms in total. The Hall–Kier alpha value is -5.62. The molecule has 4 saturated carbocycles. The summed E-state index contributed by atoms with van der Waals surface area (Å²) >= 11 is 0. The van der Waals surface area contributed by atoms with E-state index >= 15 is 4.79 Å². The molecule has 2 aromatic carbocycles. The Bertz CT molecular complexity index is 4450. The van der Waals surface area contributed by atoms with Crippen LogP contribution in [0.1, 0.15) is 178 Å². The number of nitrogens with zero attached hydrogens (tertiary/aromatic N) is 3. The van der Waals surface area contributed by atoms with E-state index in [9.17, 15) is 14.4 Å². The fraction of sp³-hybridized carbons (Fsp3) is 0.758. The van der Waals surface area contributed by atoms with Crippen LogP contribution in [0.25, 0.3) is 21.8 Å². The number of aromatic amines is 2. The number of esters is 2. The molecule has 18 rings (SSSR count). The molecule has 5 N–H and O–H groups in total. The standard InChI is InChI=1S/C49H71N3O10.C41H66N2O10.C8H8BNO2.CH4/c1-10-30-12-11-13-39(62-41-17-16-38(51(5)6)26(3)58-41)25(2)45(54)36-23-33-32-21-31(61-49-48(57-9)47(56-8)46(55-7)27(4)59-49)22-35(32)43-44(42(33)34(36)24-40(53)60-30)52(43)29-15-14-28-18-19-50-37(28)20-29;1-10-23-12-11-13-31(53-33-15-14-30(43(5)6)21(3)49-33)20(2)37(45)29-18-26-25-16-24(52-41-40(48-9)39(47-8)38(46-7)22(4)50-41)17-28(25)35-36(42-35)34(26)27(29)19-32(44)51-23;11-9(12)7-2-1-6-3-4-10-8(6)5-7;/h14-15,18-20,23,25-27,30-35,38-39,41-44,46-50H,10-13,16-17,21-22,24H2,1-9H3;18,20-28,30-31,33-36,38-42H,10-17,19H2,1-9H3;1-5,10-12H;1H4/t25-,26?,27?,30+,31+,32+,33+,34-,35-,38+,39+,41+,42-,43-,44+,46+,47?,48+,49+,52?;20-,21?,22?,23+,24+,25+,26+,27-,28-,30+,31+,33+,34-,35-,36+,38+,39?,40+,41+;;/m11../s1. The number of hydrogen-bond donors (Lipinski definition) is 5. The van der Waals surface area contributed by atoms with Crippen LogP contribution in [0.2, 0.25) is 0 Å². The van der Waals surface area contributed by atoms with Gasteiger partial charge in [0.2, 0.25) is 0 Å². The summed E-state index contributed by atoms with van der Waals surface area (Å²) in [5.74, 6) is 0.340. The number of hydrogen-bond acceptors (Lipinski definition) is 26. The van der Waals surface area contributed by atoms with Crippen molar-refractivity contribution >= 4 is 63.6 Å². The van der Waals surface area contributed by atoms with Crippen molar-refractivity contribution in [1.29, 1.82) is 0 Å². The van der Waals surface area contributed by atoms with Gasteiger partial charge in [-0.3, -0.25) is 19.2 Å². The third-order valence-electron chi connectivity index (χ3n) is 32.3. The Morgan fingerprint density at radius 2 is 0.922 bits per heavy atom. The van der Waals surface area contributed by atoms with Crippen LogP contribution < -0.4 is 15.7 Å². The highest BCUT2D eigenvalue weighted by Crippen LogP contribution is 2.66. The summed E-state index contributed by atoms with van der Waals surface area (Å²) in [4.78, 5) is 71.2. The number of fused-ring (bicyclic) bond motifs is 18. The fourth-order valence-electron chi connectivity index (χ4n) is 25.9. The SMILES string of the molecule is C.CC[C@H]1CCC[C@H](O[C@H]2CC[C@H](N(C)C)C(C)O2)[C@@H](C)C(=O)C2=C[C@H]3[C@@H]4C[C@H](O[C@@H]5OC(C)[C@H](OC)C(OC)[C@@H]5OC)C[C@H]4[C@@H]4[C@H]([C@H]3[C@@H]2CC(=O)O1)N4c1ccc2cc[nH]c2c1.CC[C@H]1CCC[C@H](O[C@H]2CC[C@H](N(C)C)C(C)O2)[C@@H](C)C(=O)C2=C[C@H]3[C@@H]4C[C@H](O[C@@H]5OC(C)[C@H](OC)C(OC)[C@@H]5OC)C[C@H]4[C@H]4N[C@H]4[C@H]3[C@@H]2CC(=O)O1.OB(O)c1ccc2cc[nH]c2c1. The summed E-state index contributed by atoms with van der Waals surface area (Å²) in [6.07, 6.45) is 16.2. The van der Waals surface area contributed by atoms with Gasteiger partial charge in [0, 0.05) is 120 Å². The van der Waals surface area contributed by atoms with Crippen LogP contribution in [-0.2, 0) is 95.0 Å². The molecule has 6 unspecified atom stereocenters. The Kier molecular flexibility index (Phi) is 31.6. The quantitative estimate of drug-likeness (QED) is 0.0312. The van der Waals surface area contributed by atoms with Gasteiger partial charge in [0.25, 0.3) is 0 Å². The number of carbonyl (C=O) groups excluding carboxylic acids is 4. The lowest BCUT2D eigenvalue weighted by molar-refractivity contribution is -0.314. The van der Waals surface area contributed by atoms with Crippen LogP contribution in [0, 0.1) is 71.0 Å². The number of ketones is 2. The van der Waals surface area contributed by atoms with Gasteiger partial charge in [-0.1, -0.05) is 65.5 Å². The van der Waals surface area contributed by atoms with E-state index in [1.165, 1.54) is 5.39 Å². The Labute approximate surface area is 758 Å². The Morgan fingerprint density at radius 1 is 0.477 bits per heavy atom.